The molecule has 1 heterocycles. The average Bonchev–Trinajstić information content (AvgIpc) is 3.23. The van der Waals surface area contributed by atoms with E-state index in [9.17, 15) is 9.90 Å². The Balaban J connectivity index is 1.58. The Labute approximate surface area is 125 Å². The van der Waals surface area contributed by atoms with Crippen LogP contribution in [0.25, 0.3) is 6.08 Å². The molecule has 1 aromatic carbocycles. The number of hydrogen-bond acceptors (Lipinski definition) is 3. The fourth-order valence-corrected chi connectivity index (χ4v) is 2.61. The first-order valence-corrected chi connectivity index (χ1v) is 7.50. The molecule has 0 radical (unpaired) electrons. The van der Waals surface area contributed by atoms with Gasteiger partial charge in [-0.05, 0) is 48.1 Å². The van der Waals surface area contributed by atoms with Crippen LogP contribution in [-0.2, 0) is 11.2 Å². The van der Waals surface area contributed by atoms with Gasteiger partial charge in [-0.3, -0.25) is 4.79 Å². The van der Waals surface area contributed by atoms with Gasteiger partial charge in [0, 0.05) is 26.1 Å². The zero-order valence-electron chi connectivity index (χ0n) is 12.3. The highest BCUT2D eigenvalue weighted by Crippen LogP contribution is 2.32. The van der Waals surface area contributed by atoms with Gasteiger partial charge in [-0.1, -0.05) is 6.07 Å². The molecule has 0 aromatic heterocycles. The van der Waals surface area contributed by atoms with Crippen LogP contribution < -0.4 is 4.74 Å². The molecule has 1 unspecified atom stereocenters. The minimum Gasteiger partial charge on any atom is -0.493 e. The molecule has 2 aliphatic rings. The highest BCUT2D eigenvalue weighted by molar-refractivity contribution is 5.91. The third-order valence-electron chi connectivity index (χ3n) is 4.14. The Hall–Kier alpha value is -1.81. The number of carbonyl (C=O) groups is 1. The Bertz CT molecular complexity index is 563. The van der Waals surface area contributed by atoms with Gasteiger partial charge in [0.05, 0.1) is 12.7 Å². The molecule has 1 aliphatic carbocycles. The number of likely N-dealkylation sites (N-methyl/N-ethyl adjacent to an activating group) is 1. The lowest BCUT2D eigenvalue weighted by atomic mass is 10.1. The molecule has 1 aromatic rings. The summed E-state index contributed by atoms with van der Waals surface area (Å²) in [6.45, 7) is 1.15. The van der Waals surface area contributed by atoms with Gasteiger partial charge in [-0.15, -0.1) is 0 Å². The fraction of sp³-hybridized carbons (Fsp3) is 0.471. The van der Waals surface area contributed by atoms with E-state index in [-0.39, 0.29) is 12.0 Å². The molecule has 4 heteroatoms. The highest BCUT2D eigenvalue weighted by Gasteiger charge is 2.30. The molecular weight excluding hydrogens is 266 g/mol. The summed E-state index contributed by atoms with van der Waals surface area (Å²) in [6.07, 6.45) is 6.09. The average molecular weight is 287 g/mol. The van der Waals surface area contributed by atoms with E-state index in [4.69, 9.17) is 4.74 Å². The summed E-state index contributed by atoms with van der Waals surface area (Å²) >= 11 is 0. The number of amides is 1. The second kappa shape index (κ2) is 5.90. The number of fused-ring (bicyclic) bond motifs is 1. The predicted octanol–water partition coefficient (Wildman–Crippen LogP) is 1.86. The van der Waals surface area contributed by atoms with Crippen LogP contribution in [0.3, 0.4) is 0 Å². The SMILES string of the molecule is CN(CC(O)C1CC1)C(=O)/C=C/c1ccc2c(c1)CCO2. The van der Waals surface area contributed by atoms with Crippen molar-refractivity contribution in [2.45, 2.75) is 25.4 Å². The van der Waals surface area contributed by atoms with Gasteiger partial charge in [-0.2, -0.15) is 0 Å². The maximum absolute atomic E-state index is 12.0. The summed E-state index contributed by atoms with van der Waals surface area (Å²) < 4.78 is 5.46. The van der Waals surface area contributed by atoms with Gasteiger partial charge in [0.15, 0.2) is 0 Å². The molecule has 0 spiro atoms. The summed E-state index contributed by atoms with van der Waals surface area (Å²) in [4.78, 5) is 13.6. The van der Waals surface area contributed by atoms with Crippen molar-refractivity contribution in [1.29, 1.82) is 0 Å². The van der Waals surface area contributed by atoms with E-state index in [1.807, 2.05) is 18.2 Å². The topological polar surface area (TPSA) is 49.8 Å². The van der Waals surface area contributed by atoms with Crippen molar-refractivity contribution in [3.05, 3.63) is 35.4 Å². The van der Waals surface area contributed by atoms with Crippen molar-refractivity contribution in [2.75, 3.05) is 20.2 Å². The van der Waals surface area contributed by atoms with E-state index < -0.39 is 0 Å². The summed E-state index contributed by atoms with van der Waals surface area (Å²) in [7, 11) is 1.73. The van der Waals surface area contributed by atoms with Crippen LogP contribution >= 0.6 is 0 Å². The van der Waals surface area contributed by atoms with Crippen LogP contribution in [0.1, 0.15) is 24.0 Å². The lowest BCUT2D eigenvalue weighted by molar-refractivity contribution is -0.126. The van der Waals surface area contributed by atoms with Crippen molar-refractivity contribution in [1.82, 2.24) is 4.90 Å². The van der Waals surface area contributed by atoms with Gasteiger partial charge in [0.2, 0.25) is 5.91 Å². The molecule has 1 atom stereocenters. The Morgan fingerprint density at radius 1 is 1.52 bits per heavy atom. The summed E-state index contributed by atoms with van der Waals surface area (Å²) in [5.74, 6) is 1.26. The molecule has 3 rings (SSSR count). The zero-order valence-corrected chi connectivity index (χ0v) is 12.3. The zero-order chi connectivity index (χ0) is 14.8. The molecule has 0 saturated heterocycles. The summed E-state index contributed by atoms with van der Waals surface area (Å²) in [6, 6.07) is 5.96. The summed E-state index contributed by atoms with van der Waals surface area (Å²) in [5.41, 5.74) is 2.20. The standard InChI is InChI=1S/C17H21NO3/c1-18(11-15(19)13-4-5-13)17(20)7-3-12-2-6-16-14(10-12)8-9-21-16/h2-3,6-7,10,13,15,19H,4-5,8-9,11H2,1H3/b7-3+. The van der Waals surface area contributed by atoms with Crippen molar-refractivity contribution >= 4 is 12.0 Å². The normalized spacial score (nSPS) is 18.4. The molecular formula is C17H21NO3. The van der Waals surface area contributed by atoms with E-state index in [2.05, 4.69) is 6.07 Å². The van der Waals surface area contributed by atoms with E-state index in [1.54, 1.807) is 18.0 Å². The third kappa shape index (κ3) is 3.45. The molecule has 112 valence electrons. The van der Waals surface area contributed by atoms with Crippen LogP contribution in [0.2, 0.25) is 0 Å². The van der Waals surface area contributed by atoms with E-state index in [0.717, 1.165) is 37.2 Å². The van der Waals surface area contributed by atoms with Gasteiger partial charge in [0.25, 0.3) is 0 Å². The molecule has 1 aliphatic heterocycles. The van der Waals surface area contributed by atoms with E-state index in [1.165, 1.54) is 5.56 Å². The van der Waals surface area contributed by atoms with E-state index >= 15 is 0 Å². The molecule has 4 nitrogen and oxygen atoms in total. The quantitative estimate of drug-likeness (QED) is 0.841. The first kappa shape index (κ1) is 14.1. The maximum Gasteiger partial charge on any atom is 0.246 e. The first-order valence-electron chi connectivity index (χ1n) is 7.50. The second-order valence-electron chi connectivity index (χ2n) is 5.92. The first-order chi connectivity index (χ1) is 10.1. The fourth-order valence-electron chi connectivity index (χ4n) is 2.61. The van der Waals surface area contributed by atoms with Crippen molar-refractivity contribution in [3.8, 4) is 5.75 Å². The Kier molecular flexibility index (Phi) is 3.97. The number of ether oxygens (including phenoxy) is 1. The van der Waals surface area contributed by atoms with Crippen LogP contribution in [0, 0.1) is 5.92 Å². The molecule has 1 saturated carbocycles. The lowest BCUT2D eigenvalue weighted by Crippen LogP contribution is -2.34. The van der Waals surface area contributed by atoms with Gasteiger partial charge >= 0.3 is 0 Å². The number of benzene rings is 1. The largest absolute Gasteiger partial charge is 0.493 e. The maximum atomic E-state index is 12.0. The molecule has 1 amide bonds. The Morgan fingerprint density at radius 2 is 2.33 bits per heavy atom. The smallest absolute Gasteiger partial charge is 0.246 e. The number of aliphatic hydroxyl groups excluding tert-OH is 1. The van der Waals surface area contributed by atoms with Crippen LogP contribution in [0.5, 0.6) is 5.75 Å². The van der Waals surface area contributed by atoms with Gasteiger partial charge in [0.1, 0.15) is 5.75 Å². The van der Waals surface area contributed by atoms with Crippen LogP contribution in [-0.4, -0.2) is 42.2 Å². The number of rotatable bonds is 5. The molecule has 1 N–H and O–H groups in total. The molecule has 0 bridgehead atoms. The van der Waals surface area contributed by atoms with Crippen molar-refractivity contribution < 1.29 is 14.6 Å². The van der Waals surface area contributed by atoms with Crippen molar-refractivity contribution in [3.63, 3.8) is 0 Å². The number of hydrogen-bond donors (Lipinski definition) is 1. The van der Waals surface area contributed by atoms with Gasteiger partial charge < -0.3 is 14.7 Å². The molecule has 1 fully saturated rings. The molecule has 21 heavy (non-hydrogen) atoms. The van der Waals surface area contributed by atoms with Crippen LogP contribution in [0.4, 0.5) is 0 Å². The minimum atomic E-state index is -0.385. The van der Waals surface area contributed by atoms with E-state index in [0.29, 0.717) is 12.5 Å². The van der Waals surface area contributed by atoms with Crippen molar-refractivity contribution in [2.24, 2.45) is 5.92 Å². The number of aliphatic hydroxyl groups is 1. The highest BCUT2D eigenvalue weighted by atomic mass is 16.5. The summed E-state index contributed by atoms with van der Waals surface area (Å²) in [5, 5.41) is 9.87. The number of nitrogens with zero attached hydrogens (tertiary/aromatic N) is 1. The lowest BCUT2D eigenvalue weighted by Gasteiger charge is -2.19. The second-order valence-corrected chi connectivity index (χ2v) is 5.92. The minimum absolute atomic E-state index is 0.0774. The monoisotopic (exact) mass is 287 g/mol. The number of carbonyl (C=O) groups excluding carboxylic acids is 1. The van der Waals surface area contributed by atoms with Crippen LogP contribution in [0.15, 0.2) is 24.3 Å². The Morgan fingerprint density at radius 3 is 3.10 bits per heavy atom. The predicted molar refractivity (Wildman–Crippen MR) is 81.0 cm³/mol. The third-order valence-corrected chi connectivity index (χ3v) is 4.14. The van der Waals surface area contributed by atoms with Gasteiger partial charge in [-0.25, -0.2) is 0 Å².